The van der Waals surface area contributed by atoms with Crippen LogP contribution in [-0.4, -0.2) is 22.1 Å². The van der Waals surface area contributed by atoms with Gasteiger partial charge in [-0.2, -0.15) is 0 Å². The molecule has 114 valence electrons. The highest BCUT2D eigenvalue weighted by Crippen LogP contribution is 2.38. The lowest BCUT2D eigenvalue weighted by Crippen LogP contribution is -2.28. The molecule has 0 radical (unpaired) electrons. The summed E-state index contributed by atoms with van der Waals surface area (Å²) in [4.78, 5) is 21.6. The Balaban J connectivity index is 2.23. The third kappa shape index (κ3) is 3.51. The van der Waals surface area contributed by atoms with Crippen molar-refractivity contribution in [1.29, 1.82) is 0 Å². The Morgan fingerprint density at radius 3 is 2.52 bits per heavy atom. The highest BCUT2D eigenvalue weighted by molar-refractivity contribution is 5.93. The topological polar surface area (TPSA) is 89.7 Å². The molecule has 1 aromatic rings. The minimum Gasteiger partial charge on any atom is -0.483 e. The number of nitro benzene ring substituents is 1. The molecule has 6 heteroatoms. The van der Waals surface area contributed by atoms with Crippen LogP contribution in [0.2, 0.25) is 0 Å². The molecule has 2 rings (SSSR count). The number of ether oxygens (including phenoxy) is 1. The molecule has 0 atom stereocenters. The van der Waals surface area contributed by atoms with Gasteiger partial charge in [-0.1, -0.05) is 19.9 Å². The lowest BCUT2D eigenvalue weighted by atomic mass is 9.76. The number of carboxylic acids is 1. The SMILES string of the molecule is CC1(C)CCC(Oc2cccc(C(=O)O)c2[N+](=O)[O-])CC1. The second-order valence-electron chi connectivity index (χ2n) is 6.20. The van der Waals surface area contributed by atoms with E-state index in [1.54, 1.807) is 0 Å². The van der Waals surface area contributed by atoms with Gasteiger partial charge in [0.2, 0.25) is 0 Å². The molecule has 21 heavy (non-hydrogen) atoms. The van der Waals surface area contributed by atoms with Gasteiger partial charge in [0.1, 0.15) is 5.56 Å². The van der Waals surface area contributed by atoms with Crippen LogP contribution in [0.5, 0.6) is 5.75 Å². The van der Waals surface area contributed by atoms with Crippen molar-refractivity contribution >= 4 is 11.7 Å². The first-order valence-corrected chi connectivity index (χ1v) is 6.97. The number of hydrogen-bond acceptors (Lipinski definition) is 4. The fraction of sp³-hybridized carbons (Fsp3) is 0.533. The summed E-state index contributed by atoms with van der Waals surface area (Å²) in [6.07, 6.45) is 3.53. The highest BCUT2D eigenvalue weighted by Gasteiger charge is 2.31. The van der Waals surface area contributed by atoms with Crippen LogP contribution in [0.15, 0.2) is 18.2 Å². The van der Waals surface area contributed by atoms with Crippen molar-refractivity contribution in [2.24, 2.45) is 5.41 Å². The Morgan fingerprint density at radius 1 is 1.38 bits per heavy atom. The maximum absolute atomic E-state index is 11.2. The van der Waals surface area contributed by atoms with Gasteiger partial charge in [-0.15, -0.1) is 0 Å². The van der Waals surface area contributed by atoms with Crippen molar-refractivity contribution < 1.29 is 19.6 Å². The predicted molar refractivity (Wildman–Crippen MR) is 76.7 cm³/mol. The molecule has 1 aliphatic carbocycles. The summed E-state index contributed by atoms with van der Waals surface area (Å²) in [5.41, 5.74) is -0.530. The molecule has 0 heterocycles. The number of nitrogens with zero attached hydrogens (tertiary/aromatic N) is 1. The van der Waals surface area contributed by atoms with Gasteiger partial charge in [0.25, 0.3) is 0 Å². The second-order valence-corrected chi connectivity index (χ2v) is 6.20. The van der Waals surface area contributed by atoms with E-state index in [-0.39, 0.29) is 22.8 Å². The van der Waals surface area contributed by atoms with E-state index >= 15 is 0 Å². The quantitative estimate of drug-likeness (QED) is 0.676. The molecule has 1 saturated carbocycles. The number of hydrogen-bond donors (Lipinski definition) is 1. The molecule has 1 aromatic carbocycles. The van der Waals surface area contributed by atoms with E-state index in [1.165, 1.54) is 18.2 Å². The first-order valence-electron chi connectivity index (χ1n) is 6.97. The van der Waals surface area contributed by atoms with E-state index in [4.69, 9.17) is 9.84 Å². The molecule has 0 aromatic heterocycles. The Labute approximate surface area is 122 Å². The first kappa shape index (κ1) is 15.3. The van der Waals surface area contributed by atoms with Gasteiger partial charge in [-0.3, -0.25) is 10.1 Å². The Bertz CT molecular complexity index is 557. The average molecular weight is 293 g/mol. The van der Waals surface area contributed by atoms with Gasteiger partial charge in [0.05, 0.1) is 11.0 Å². The standard InChI is InChI=1S/C15H19NO5/c1-15(2)8-6-10(7-9-15)21-12-5-3-4-11(14(17)18)13(12)16(19)20/h3-5,10H,6-9H2,1-2H3,(H,17,18). The van der Waals surface area contributed by atoms with Gasteiger partial charge < -0.3 is 9.84 Å². The van der Waals surface area contributed by atoms with Crippen LogP contribution in [0.3, 0.4) is 0 Å². The summed E-state index contributed by atoms with van der Waals surface area (Å²) in [6.45, 7) is 4.38. The van der Waals surface area contributed by atoms with Crippen LogP contribution in [0.1, 0.15) is 49.9 Å². The largest absolute Gasteiger partial charge is 0.483 e. The number of nitro groups is 1. The zero-order valence-corrected chi connectivity index (χ0v) is 12.2. The number of aromatic carboxylic acids is 1. The van der Waals surface area contributed by atoms with Crippen molar-refractivity contribution in [2.45, 2.75) is 45.6 Å². The Morgan fingerprint density at radius 2 is 2.00 bits per heavy atom. The van der Waals surface area contributed by atoms with E-state index in [1.807, 2.05) is 0 Å². The fourth-order valence-corrected chi connectivity index (χ4v) is 2.65. The molecule has 0 spiro atoms. The monoisotopic (exact) mass is 293 g/mol. The summed E-state index contributed by atoms with van der Waals surface area (Å²) >= 11 is 0. The summed E-state index contributed by atoms with van der Waals surface area (Å²) in [6, 6.07) is 4.15. The van der Waals surface area contributed by atoms with E-state index < -0.39 is 16.6 Å². The molecule has 6 nitrogen and oxygen atoms in total. The molecule has 0 amide bonds. The molecule has 0 aliphatic heterocycles. The minimum absolute atomic E-state index is 0.0459. The summed E-state index contributed by atoms with van der Waals surface area (Å²) in [7, 11) is 0. The van der Waals surface area contributed by atoms with Gasteiger partial charge >= 0.3 is 11.7 Å². The van der Waals surface area contributed by atoms with E-state index in [0.29, 0.717) is 0 Å². The third-order valence-corrected chi connectivity index (χ3v) is 3.99. The smallest absolute Gasteiger partial charge is 0.342 e. The third-order valence-electron chi connectivity index (χ3n) is 3.99. The van der Waals surface area contributed by atoms with Crippen LogP contribution >= 0.6 is 0 Å². The van der Waals surface area contributed by atoms with Crippen LogP contribution in [0.25, 0.3) is 0 Å². The van der Waals surface area contributed by atoms with Crippen molar-refractivity contribution in [2.75, 3.05) is 0 Å². The normalized spacial score (nSPS) is 18.2. The molecule has 1 N–H and O–H groups in total. The predicted octanol–water partition coefficient (Wildman–Crippen LogP) is 3.64. The molecule has 1 fully saturated rings. The van der Waals surface area contributed by atoms with Gasteiger partial charge in [-0.25, -0.2) is 4.79 Å². The first-order chi connectivity index (χ1) is 9.80. The second kappa shape index (κ2) is 5.71. The van der Waals surface area contributed by atoms with Crippen molar-refractivity contribution in [3.8, 4) is 5.75 Å². The maximum Gasteiger partial charge on any atom is 0.342 e. The Kier molecular flexibility index (Phi) is 4.16. The summed E-state index contributed by atoms with van der Waals surface area (Å²) in [5, 5.41) is 20.2. The molecular weight excluding hydrogens is 274 g/mol. The van der Waals surface area contributed by atoms with E-state index in [2.05, 4.69) is 13.8 Å². The zero-order chi connectivity index (χ0) is 15.6. The van der Waals surface area contributed by atoms with Gasteiger partial charge in [0, 0.05) is 0 Å². The van der Waals surface area contributed by atoms with Crippen LogP contribution in [0.4, 0.5) is 5.69 Å². The summed E-state index contributed by atoms with van der Waals surface area (Å²) in [5.74, 6) is -1.28. The lowest BCUT2D eigenvalue weighted by Gasteiger charge is -2.34. The molecule has 1 aliphatic rings. The summed E-state index contributed by atoms with van der Waals surface area (Å²) < 4.78 is 5.73. The maximum atomic E-state index is 11.2. The lowest BCUT2D eigenvalue weighted by molar-refractivity contribution is -0.386. The Hall–Kier alpha value is -2.11. The van der Waals surface area contributed by atoms with Crippen molar-refractivity contribution in [3.05, 3.63) is 33.9 Å². The number of carboxylic acid groups (broad SMARTS) is 1. The highest BCUT2D eigenvalue weighted by atomic mass is 16.6. The molecule has 0 unspecified atom stereocenters. The van der Waals surface area contributed by atoms with Crippen molar-refractivity contribution in [1.82, 2.24) is 0 Å². The van der Waals surface area contributed by atoms with Gasteiger partial charge in [-0.05, 0) is 43.2 Å². The number of carbonyl (C=O) groups is 1. The average Bonchev–Trinajstić information content (AvgIpc) is 2.40. The molecular formula is C15H19NO5. The minimum atomic E-state index is -1.32. The van der Waals surface area contributed by atoms with Crippen LogP contribution < -0.4 is 4.74 Å². The molecule has 0 bridgehead atoms. The number of benzene rings is 1. The number of para-hydroxylation sites is 1. The zero-order valence-electron chi connectivity index (χ0n) is 12.2. The number of rotatable bonds is 4. The van der Waals surface area contributed by atoms with Crippen molar-refractivity contribution in [3.63, 3.8) is 0 Å². The van der Waals surface area contributed by atoms with E-state index in [0.717, 1.165) is 25.7 Å². The molecule has 0 saturated heterocycles. The fourth-order valence-electron chi connectivity index (χ4n) is 2.65. The van der Waals surface area contributed by atoms with E-state index in [9.17, 15) is 14.9 Å². The van der Waals surface area contributed by atoms with Crippen LogP contribution in [-0.2, 0) is 0 Å². The van der Waals surface area contributed by atoms with Gasteiger partial charge in [0.15, 0.2) is 5.75 Å². The van der Waals surface area contributed by atoms with Crippen LogP contribution in [0, 0.1) is 15.5 Å².